The van der Waals surface area contributed by atoms with Gasteiger partial charge < -0.3 is 4.42 Å². The number of furan rings is 1. The molecule has 2 heterocycles. The van der Waals surface area contributed by atoms with Gasteiger partial charge in [-0.3, -0.25) is 9.59 Å². The van der Waals surface area contributed by atoms with E-state index in [1.54, 1.807) is 42.5 Å². The molecule has 0 bridgehead atoms. The Bertz CT molecular complexity index is 1180. The lowest BCUT2D eigenvalue weighted by Crippen LogP contribution is -2.28. The first-order chi connectivity index (χ1) is 13.8. The van der Waals surface area contributed by atoms with Crippen LogP contribution in [0.15, 0.2) is 57.9 Å². The molecule has 1 aliphatic rings. The molecule has 2 amide bonds. The molecular weight excluding hydrogens is 429 g/mol. The fourth-order valence-electron chi connectivity index (χ4n) is 3.12. The van der Waals surface area contributed by atoms with Crippen LogP contribution in [-0.4, -0.2) is 11.1 Å². The van der Waals surface area contributed by atoms with Crippen molar-refractivity contribution in [2.75, 3.05) is 4.90 Å². The molecule has 7 heteroatoms. The summed E-state index contributed by atoms with van der Waals surface area (Å²) in [6.45, 7) is 3.84. The molecule has 0 radical (unpaired) electrons. The van der Waals surface area contributed by atoms with E-state index in [9.17, 15) is 9.59 Å². The topological polar surface area (TPSA) is 50.5 Å². The Morgan fingerprint density at radius 2 is 1.79 bits per heavy atom. The van der Waals surface area contributed by atoms with Crippen LogP contribution in [0.5, 0.6) is 0 Å². The van der Waals surface area contributed by atoms with Gasteiger partial charge in [-0.05, 0) is 67.6 Å². The van der Waals surface area contributed by atoms with Crippen LogP contribution in [0.1, 0.15) is 16.9 Å². The first-order valence-electron chi connectivity index (χ1n) is 8.74. The quantitative estimate of drug-likeness (QED) is 0.404. The van der Waals surface area contributed by atoms with Crippen molar-refractivity contribution in [1.29, 1.82) is 0 Å². The van der Waals surface area contributed by atoms with Gasteiger partial charge in [-0.2, -0.15) is 0 Å². The maximum Gasteiger partial charge on any atom is 0.298 e. The van der Waals surface area contributed by atoms with Crippen LogP contribution >= 0.6 is 35.0 Å². The predicted molar refractivity (Wildman–Crippen MR) is 119 cm³/mol. The Labute approximate surface area is 182 Å². The molecule has 4 nitrogen and oxygen atoms in total. The summed E-state index contributed by atoms with van der Waals surface area (Å²) >= 11 is 13.1. The van der Waals surface area contributed by atoms with E-state index in [1.165, 1.54) is 4.90 Å². The molecule has 1 saturated heterocycles. The molecule has 0 aliphatic carbocycles. The van der Waals surface area contributed by atoms with E-state index in [1.807, 2.05) is 26.0 Å². The van der Waals surface area contributed by atoms with Crippen molar-refractivity contribution in [2.45, 2.75) is 13.8 Å². The highest BCUT2D eigenvalue weighted by Gasteiger charge is 2.37. The second-order valence-corrected chi connectivity index (χ2v) is 8.47. The highest BCUT2D eigenvalue weighted by molar-refractivity contribution is 8.19. The zero-order valence-electron chi connectivity index (χ0n) is 15.5. The second-order valence-electron chi connectivity index (χ2n) is 6.63. The zero-order valence-corrected chi connectivity index (χ0v) is 17.9. The van der Waals surface area contributed by atoms with E-state index < -0.39 is 0 Å². The summed E-state index contributed by atoms with van der Waals surface area (Å²) in [5, 5.41) is 0.709. The van der Waals surface area contributed by atoms with Gasteiger partial charge in [-0.1, -0.05) is 40.9 Å². The molecule has 1 aliphatic heterocycles. The maximum absolute atomic E-state index is 12.9. The number of hydrogen-bond acceptors (Lipinski definition) is 4. The number of nitrogens with zero attached hydrogens (tertiary/aromatic N) is 1. The van der Waals surface area contributed by atoms with Crippen molar-refractivity contribution in [3.63, 3.8) is 0 Å². The van der Waals surface area contributed by atoms with Gasteiger partial charge in [0.15, 0.2) is 0 Å². The highest BCUT2D eigenvalue weighted by atomic mass is 35.5. The lowest BCUT2D eigenvalue weighted by Gasteiger charge is -2.15. The summed E-state index contributed by atoms with van der Waals surface area (Å²) in [5.74, 6) is 0.602. The molecule has 0 saturated carbocycles. The molecule has 1 aromatic heterocycles. The highest BCUT2D eigenvalue weighted by Crippen LogP contribution is 2.38. The number of carbonyl (C=O) groups excluding carboxylic acids is 2. The Kier molecular flexibility index (Phi) is 5.30. The minimum absolute atomic E-state index is 0.299. The smallest absolute Gasteiger partial charge is 0.298 e. The zero-order chi connectivity index (χ0) is 20.7. The lowest BCUT2D eigenvalue weighted by atomic mass is 10.1. The average Bonchev–Trinajstić information content (AvgIpc) is 3.23. The van der Waals surface area contributed by atoms with Crippen molar-refractivity contribution in [3.05, 3.63) is 80.4 Å². The number of rotatable bonds is 3. The Balaban J connectivity index is 1.64. The number of thioether (sulfide) groups is 1. The molecule has 1 fully saturated rings. The van der Waals surface area contributed by atoms with Gasteiger partial charge in [0.05, 0.1) is 15.6 Å². The normalized spacial score (nSPS) is 15.6. The summed E-state index contributed by atoms with van der Waals surface area (Å²) in [6.07, 6.45) is 1.57. The molecule has 0 N–H and O–H groups in total. The summed E-state index contributed by atoms with van der Waals surface area (Å²) in [6, 6.07) is 14.2. The molecular formula is C22H15Cl2NO3S. The first kappa shape index (κ1) is 19.8. The van der Waals surface area contributed by atoms with Crippen LogP contribution in [-0.2, 0) is 4.79 Å². The molecule has 0 spiro atoms. The second kappa shape index (κ2) is 7.75. The van der Waals surface area contributed by atoms with E-state index in [-0.39, 0.29) is 11.1 Å². The molecule has 0 atom stereocenters. The van der Waals surface area contributed by atoms with Crippen molar-refractivity contribution < 1.29 is 14.0 Å². The minimum atomic E-state index is -0.370. The van der Waals surface area contributed by atoms with Crippen LogP contribution in [0.4, 0.5) is 10.5 Å². The van der Waals surface area contributed by atoms with Crippen molar-refractivity contribution in [3.8, 4) is 11.3 Å². The molecule has 146 valence electrons. The number of benzene rings is 2. The summed E-state index contributed by atoms with van der Waals surface area (Å²) in [4.78, 5) is 26.9. The van der Waals surface area contributed by atoms with Crippen LogP contribution in [0.2, 0.25) is 10.0 Å². The van der Waals surface area contributed by atoms with E-state index in [2.05, 4.69) is 0 Å². The van der Waals surface area contributed by atoms with Crippen molar-refractivity contribution in [1.82, 2.24) is 0 Å². The third kappa shape index (κ3) is 3.86. The molecule has 0 unspecified atom stereocenters. The van der Waals surface area contributed by atoms with Crippen LogP contribution < -0.4 is 4.90 Å². The number of halogens is 2. The maximum atomic E-state index is 12.9. The van der Waals surface area contributed by atoms with Crippen molar-refractivity contribution in [2.24, 2.45) is 0 Å². The summed E-state index contributed by atoms with van der Waals surface area (Å²) in [5.41, 5.74) is 3.18. The predicted octanol–water partition coefficient (Wildman–Crippen LogP) is 7.11. The fourth-order valence-corrected chi connectivity index (χ4v) is 4.32. The number of amides is 2. The number of carbonyl (C=O) groups is 2. The third-order valence-electron chi connectivity index (χ3n) is 4.48. The molecule has 3 aromatic rings. The van der Waals surface area contributed by atoms with E-state index in [4.69, 9.17) is 27.6 Å². The average molecular weight is 444 g/mol. The Morgan fingerprint density at radius 3 is 2.55 bits per heavy atom. The molecule has 2 aromatic carbocycles. The van der Waals surface area contributed by atoms with Gasteiger partial charge in [-0.25, -0.2) is 4.90 Å². The largest absolute Gasteiger partial charge is 0.457 e. The fraction of sp³-hybridized carbons (Fsp3) is 0.0909. The van der Waals surface area contributed by atoms with Gasteiger partial charge in [0, 0.05) is 16.7 Å². The standard InChI is InChI=1S/C22H15Cl2NO3S/c1-12-3-7-18(13(2)9-12)25-21(26)20(29-22(25)27)11-15-5-8-19(28-15)16-10-14(23)4-6-17(16)24/h3-11H,1-2H3/b20-11+. The minimum Gasteiger partial charge on any atom is -0.457 e. The lowest BCUT2D eigenvalue weighted by molar-refractivity contribution is -0.113. The van der Waals surface area contributed by atoms with Crippen LogP contribution in [0.3, 0.4) is 0 Å². The van der Waals surface area contributed by atoms with Crippen molar-refractivity contribution >= 4 is 57.9 Å². The SMILES string of the molecule is Cc1ccc(N2C(=O)S/C(=C/c3ccc(-c4cc(Cl)ccc4Cl)o3)C2=O)c(C)c1. The molecule has 4 rings (SSSR count). The summed E-state index contributed by atoms with van der Waals surface area (Å²) < 4.78 is 5.82. The Morgan fingerprint density at radius 1 is 1.00 bits per heavy atom. The molecule has 29 heavy (non-hydrogen) atoms. The van der Waals surface area contributed by atoms with Gasteiger partial charge >= 0.3 is 0 Å². The van der Waals surface area contributed by atoms with Gasteiger partial charge in [-0.15, -0.1) is 0 Å². The van der Waals surface area contributed by atoms with Crippen LogP contribution in [0, 0.1) is 13.8 Å². The summed E-state index contributed by atoms with van der Waals surface area (Å²) in [7, 11) is 0. The van der Waals surface area contributed by atoms with E-state index in [0.717, 1.165) is 22.9 Å². The number of hydrogen-bond donors (Lipinski definition) is 0. The van der Waals surface area contributed by atoms with Gasteiger partial charge in [0.2, 0.25) is 0 Å². The Hall–Kier alpha value is -2.47. The van der Waals surface area contributed by atoms with Gasteiger partial charge in [0.25, 0.3) is 11.1 Å². The van der Waals surface area contributed by atoms with E-state index >= 15 is 0 Å². The monoisotopic (exact) mass is 443 g/mol. The third-order valence-corrected chi connectivity index (χ3v) is 5.92. The van der Waals surface area contributed by atoms with Gasteiger partial charge in [0.1, 0.15) is 11.5 Å². The number of aryl methyl sites for hydroxylation is 2. The van der Waals surface area contributed by atoms with E-state index in [0.29, 0.717) is 37.7 Å². The van der Waals surface area contributed by atoms with Crippen LogP contribution in [0.25, 0.3) is 17.4 Å². The first-order valence-corrected chi connectivity index (χ1v) is 10.3. The number of anilines is 1. The number of imide groups is 1.